The SMILES string of the molecule is NC(CCC(=O)O)C(=O)NC/C=C/CNc1nc(S)c2ncn([C@@H]3O[C@H](CO)C(O)[C@@H]3O)c2n1. The molecule has 3 rings (SSSR count). The van der Waals surface area contributed by atoms with Gasteiger partial charge in [0.05, 0.1) is 19.0 Å². The van der Waals surface area contributed by atoms with Crippen LogP contribution >= 0.6 is 12.6 Å². The van der Waals surface area contributed by atoms with E-state index in [1.54, 1.807) is 12.2 Å². The third kappa shape index (κ3) is 5.99. The molecule has 0 spiro atoms. The number of rotatable bonds is 11. The minimum Gasteiger partial charge on any atom is -0.481 e. The molecule has 3 heterocycles. The van der Waals surface area contributed by atoms with E-state index < -0.39 is 49.1 Å². The molecule has 186 valence electrons. The Hall–Kier alpha value is -2.82. The highest BCUT2D eigenvalue weighted by atomic mass is 32.1. The van der Waals surface area contributed by atoms with Gasteiger partial charge >= 0.3 is 5.97 Å². The average molecular weight is 498 g/mol. The average Bonchev–Trinajstić information content (AvgIpc) is 3.35. The normalized spacial score (nSPS) is 23.4. The molecule has 15 heteroatoms. The number of amides is 1. The predicted octanol–water partition coefficient (Wildman–Crippen LogP) is -2.00. The second kappa shape index (κ2) is 11.5. The van der Waals surface area contributed by atoms with Crippen LogP contribution in [0.4, 0.5) is 5.95 Å². The number of aromatic nitrogens is 4. The number of aliphatic hydroxyl groups is 3. The number of imidazole rings is 1. The van der Waals surface area contributed by atoms with Crippen molar-refractivity contribution in [3.8, 4) is 0 Å². The highest BCUT2D eigenvalue weighted by Gasteiger charge is 2.44. The van der Waals surface area contributed by atoms with E-state index in [2.05, 4.69) is 38.2 Å². The van der Waals surface area contributed by atoms with Crippen molar-refractivity contribution in [1.82, 2.24) is 24.8 Å². The van der Waals surface area contributed by atoms with Crippen molar-refractivity contribution in [2.45, 2.75) is 48.4 Å². The molecular weight excluding hydrogens is 470 g/mol. The first-order valence-corrected chi connectivity index (χ1v) is 10.9. The van der Waals surface area contributed by atoms with Crippen LogP contribution in [0.5, 0.6) is 0 Å². The lowest BCUT2D eigenvalue weighted by atomic mass is 10.1. The summed E-state index contributed by atoms with van der Waals surface area (Å²) < 4.78 is 6.97. The van der Waals surface area contributed by atoms with Crippen LogP contribution in [0.15, 0.2) is 23.5 Å². The maximum atomic E-state index is 11.8. The quantitative estimate of drug-likeness (QED) is 0.0960. The standard InChI is InChI=1S/C19H27N7O7S/c20-9(3-4-11(28)29)16(32)21-5-1-2-6-22-19-24-15-12(17(34)25-19)23-8-26(15)18-14(31)13(30)10(7-27)33-18/h1-2,8-10,13-14,18,27,30-31H,3-7,20H2,(H,21,32)(H,28,29)(H2,22,24,25,34)/b2-1+/t9?,10-,13?,14+,18-/m1/s1. The number of hydrogen-bond acceptors (Lipinski definition) is 12. The third-order valence-corrected chi connectivity index (χ3v) is 5.45. The van der Waals surface area contributed by atoms with Gasteiger partial charge in [-0.15, -0.1) is 12.6 Å². The van der Waals surface area contributed by atoms with Crippen molar-refractivity contribution < 1.29 is 34.8 Å². The predicted molar refractivity (Wildman–Crippen MR) is 121 cm³/mol. The lowest BCUT2D eigenvalue weighted by molar-refractivity contribution is -0.137. The number of thiol groups is 1. The Bertz CT molecular complexity index is 1050. The molecule has 1 saturated heterocycles. The number of carbonyl (C=O) groups excluding carboxylic acids is 1. The van der Waals surface area contributed by atoms with Crippen LogP contribution in [0.1, 0.15) is 19.1 Å². The number of nitrogens with two attached hydrogens (primary N) is 1. The van der Waals surface area contributed by atoms with Crippen molar-refractivity contribution in [1.29, 1.82) is 0 Å². The smallest absolute Gasteiger partial charge is 0.303 e. The molecule has 2 aromatic heterocycles. The van der Waals surface area contributed by atoms with Crippen molar-refractivity contribution in [2.75, 3.05) is 25.0 Å². The van der Waals surface area contributed by atoms with E-state index in [0.29, 0.717) is 17.7 Å². The Morgan fingerprint density at radius 1 is 1.26 bits per heavy atom. The fourth-order valence-corrected chi connectivity index (χ4v) is 3.55. The van der Waals surface area contributed by atoms with Gasteiger partial charge in [0.1, 0.15) is 28.9 Å². The highest BCUT2D eigenvalue weighted by Crippen LogP contribution is 2.32. The van der Waals surface area contributed by atoms with Crippen molar-refractivity contribution in [3.63, 3.8) is 0 Å². The molecule has 1 aliphatic heterocycles. The van der Waals surface area contributed by atoms with Gasteiger partial charge in [0.15, 0.2) is 11.9 Å². The van der Waals surface area contributed by atoms with Crippen molar-refractivity contribution >= 4 is 41.6 Å². The lowest BCUT2D eigenvalue weighted by Crippen LogP contribution is -2.40. The first-order valence-electron chi connectivity index (χ1n) is 10.4. The molecule has 0 bridgehead atoms. The van der Waals surface area contributed by atoms with Gasteiger partial charge in [-0.3, -0.25) is 14.2 Å². The van der Waals surface area contributed by atoms with Gasteiger partial charge < -0.3 is 41.5 Å². The molecule has 0 aromatic carbocycles. The summed E-state index contributed by atoms with van der Waals surface area (Å²) in [6, 6.07) is -0.891. The van der Waals surface area contributed by atoms with Crippen LogP contribution in [-0.4, -0.2) is 95.9 Å². The van der Waals surface area contributed by atoms with Crippen LogP contribution in [0.25, 0.3) is 11.2 Å². The zero-order chi connectivity index (χ0) is 24.8. The van der Waals surface area contributed by atoms with E-state index in [1.165, 1.54) is 10.9 Å². The Kier molecular flexibility index (Phi) is 8.76. The Morgan fingerprint density at radius 3 is 2.68 bits per heavy atom. The van der Waals surface area contributed by atoms with E-state index >= 15 is 0 Å². The number of fused-ring (bicyclic) bond motifs is 1. The van der Waals surface area contributed by atoms with E-state index in [9.17, 15) is 24.9 Å². The second-order valence-electron chi connectivity index (χ2n) is 7.56. The number of anilines is 1. The van der Waals surface area contributed by atoms with E-state index in [4.69, 9.17) is 15.6 Å². The molecule has 0 saturated carbocycles. The number of aliphatic hydroxyl groups excluding tert-OH is 3. The molecule has 0 radical (unpaired) electrons. The Balaban J connectivity index is 1.57. The fourth-order valence-electron chi connectivity index (χ4n) is 3.29. The van der Waals surface area contributed by atoms with Crippen LogP contribution in [-0.2, 0) is 14.3 Å². The van der Waals surface area contributed by atoms with Gasteiger partial charge in [-0.05, 0) is 6.42 Å². The van der Waals surface area contributed by atoms with Gasteiger partial charge in [-0.1, -0.05) is 12.2 Å². The zero-order valence-corrected chi connectivity index (χ0v) is 18.9. The maximum Gasteiger partial charge on any atom is 0.303 e. The summed E-state index contributed by atoms with van der Waals surface area (Å²) in [5.41, 5.74) is 6.30. The van der Waals surface area contributed by atoms with Gasteiger partial charge in [0.2, 0.25) is 11.9 Å². The molecule has 1 aliphatic rings. The third-order valence-electron chi connectivity index (χ3n) is 5.14. The number of ether oxygens (including phenoxy) is 1. The van der Waals surface area contributed by atoms with E-state index in [-0.39, 0.29) is 30.4 Å². The van der Waals surface area contributed by atoms with Gasteiger partial charge in [0.25, 0.3) is 0 Å². The van der Waals surface area contributed by atoms with E-state index in [0.717, 1.165) is 0 Å². The van der Waals surface area contributed by atoms with Crippen LogP contribution in [0, 0.1) is 0 Å². The zero-order valence-electron chi connectivity index (χ0n) is 18.0. The van der Waals surface area contributed by atoms with Crippen LogP contribution in [0.2, 0.25) is 0 Å². The summed E-state index contributed by atoms with van der Waals surface area (Å²) in [4.78, 5) is 35.1. The summed E-state index contributed by atoms with van der Waals surface area (Å²) in [5.74, 6) is -1.23. The fraction of sp³-hybridized carbons (Fsp3) is 0.526. The van der Waals surface area contributed by atoms with Crippen LogP contribution in [0.3, 0.4) is 0 Å². The molecular formula is C19H27N7O7S. The summed E-state index contributed by atoms with van der Waals surface area (Å²) in [6.45, 7) is 0.0563. The number of hydrogen-bond donors (Lipinski definition) is 8. The molecule has 1 fully saturated rings. The topological polar surface area (TPSA) is 218 Å². The summed E-state index contributed by atoms with van der Waals surface area (Å²) >= 11 is 4.33. The van der Waals surface area contributed by atoms with Crippen molar-refractivity contribution in [3.05, 3.63) is 18.5 Å². The minimum absolute atomic E-state index is 0.0530. The molecule has 2 aromatic rings. The number of carboxylic acids is 1. The number of aliphatic carboxylic acids is 1. The van der Waals surface area contributed by atoms with E-state index in [1.807, 2.05) is 0 Å². The number of nitrogens with one attached hydrogen (secondary N) is 2. The minimum atomic E-state index is -1.29. The highest BCUT2D eigenvalue weighted by molar-refractivity contribution is 7.80. The summed E-state index contributed by atoms with van der Waals surface area (Å²) in [7, 11) is 0. The lowest BCUT2D eigenvalue weighted by Gasteiger charge is -2.16. The number of carboxylic acid groups (broad SMARTS) is 1. The number of nitrogens with zero attached hydrogens (tertiary/aromatic N) is 4. The molecule has 14 nitrogen and oxygen atoms in total. The summed E-state index contributed by atoms with van der Waals surface area (Å²) in [5, 5.41) is 44.1. The largest absolute Gasteiger partial charge is 0.481 e. The molecule has 5 atom stereocenters. The van der Waals surface area contributed by atoms with Gasteiger partial charge in [-0.2, -0.15) is 4.98 Å². The molecule has 34 heavy (non-hydrogen) atoms. The Labute approximate surface area is 199 Å². The molecule has 0 aliphatic carbocycles. The summed E-state index contributed by atoms with van der Waals surface area (Å²) in [6.07, 6.45) is 0.155. The first kappa shape index (κ1) is 25.8. The van der Waals surface area contributed by atoms with Crippen LogP contribution < -0.4 is 16.4 Å². The molecule has 1 amide bonds. The molecule has 8 N–H and O–H groups in total. The number of carbonyl (C=O) groups is 2. The van der Waals surface area contributed by atoms with Gasteiger partial charge in [-0.25, -0.2) is 9.97 Å². The molecule has 2 unspecified atom stereocenters. The second-order valence-corrected chi connectivity index (χ2v) is 7.98. The maximum absolute atomic E-state index is 11.8. The first-order chi connectivity index (χ1) is 16.2. The Morgan fingerprint density at radius 2 is 2.00 bits per heavy atom. The van der Waals surface area contributed by atoms with Gasteiger partial charge in [0, 0.05) is 19.5 Å². The van der Waals surface area contributed by atoms with Crippen molar-refractivity contribution in [2.24, 2.45) is 5.73 Å². The monoisotopic (exact) mass is 497 g/mol.